The first-order chi connectivity index (χ1) is 17.3. The van der Waals surface area contributed by atoms with Crippen molar-refractivity contribution >= 4 is 45.8 Å². The van der Waals surface area contributed by atoms with Crippen LogP contribution in [0.3, 0.4) is 0 Å². The normalized spacial score (nSPS) is 12.4. The fourth-order valence-corrected chi connectivity index (χ4v) is 3.95. The number of rotatable bonds is 7. The van der Waals surface area contributed by atoms with Gasteiger partial charge in [0.1, 0.15) is 12.1 Å². The quantitative estimate of drug-likeness (QED) is 0.379. The molecule has 3 aromatic carbocycles. The lowest BCUT2D eigenvalue weighted by Crippen LogP contribution is -2.48. The first kappa shape index (κ1) is 24.9. The minimum atomic E-state index is -1.03. The van der Waals surface area contributed by atoms with Crippen LogP contribution in [-0.2, 0) is 9.59 Å². The Hall–Kier alpha value is -4.23. The summed E-state index contributed by atoms with van der Waals surface area (Å²) in [5, 5.41) is 7.81. The van der Waals surface area contributed by atoms with E-state index in [9.17, 15) is 14.4 Å². The molecule has 0 saturated heterocycles. The number of carbonyl (C=O) groups excluding carboxylic acids is 3. The molecule has 1 heterocycles. The molecule has 0 fully saturated rings. The summed E-state index contributed by atoms with van der Waals surface area (Å²) in [7, 11) is 1.53. The van der Waals surface area contributed by atoms with Crippen LogP contribution in [0.4, 0.5) is 5.69 Å². The summed E-state index contributed by atoms with van der Waals surface area (Å²) in [4.78, 5) is 45.1. The van der Waals surface area contributed by atoms with Gasteiger partial charge in [0.25, 0.3) is 5.91 Å². The number of amides is 3. The molecule has 2 atom stereocenters. The highest BCUT2D eigenvalue weighted by Crippen LogP contribution is 2.23. The molecule has 8 heteroatoms. The summed E-state index contributed by atoms with van der Waals surface area (Å²) in [6.45, 7) is 1.62. The maximum absolute atomic E-state index is 13.6. The molecule has 1 aromatic heterocycles. The number of nitrogens with zero attached hydrogens (tertiary/aromatic N) is 2. The van der Waals surface area contributed by atoms with Crippen molar-refractivity contribution in [2.75, 3.05) is 12.4 Å². The van der Waals surface area contributed by atoms with Crippen LogP contribution in [0.15, 0.2) is 91.3 Å². The SMILES string of the molecule is CC(C(=O)Nc1cccnc1)N(C)C(=O)[C@@H](NC(=O)c1cccc2ccccc12)c1ccc(Cl)cc1. The van der Waals surface area contributed by atoms with E-state index in [1.165, 1.54) is 18.1 Å². The zero-order chi connectivity index (χ0) is 25.7. The molecule has 1 unspecified atom stereocenters. The van der Waals surface area contributed by atoms with E-state index in [0.717, 1.165) is 10.8 Å². The lowest BCUT2D eigenvalue weighted by Gasteiger charge is -2.29. The summed E-state index contributed by atoms with van der Waals surface area (Å²) in [5.41, 5.74) is 1.52. The predicted molar refractivity (Wildman–Crippen MR) is 141 cm³/mol. The van der Waals surface area contributed by atoms with Crippen molar-refractivity contribution in [1.29, 1.82) is 0 Å². The molecule has 36 heavy (non-hydrogen) atoms. The number of carbonyl (C=O) groups is 3. The Labute approximate surface area is 214 Å². The standard InChI is InChI=1S/C28H25ClN4O3/c1-18(26(34)31-22-9-6-16-30-17-22)33(2)28(36)25(20-12-14-21(29)15-13-20)32-27(35)24-11-5-8-19-7-3-4-10-23(19)24/h3-18,25H,1-2H3,(H,31,34)(H,32,35)/t18?,25-/m0/s1. The smallest absolute Gasteiger partial charge is 0.252 e. The molecule has 182 valence electrons. The van der Waals surface area contributed by atoms with E-state index in [0.29, 0.717) is 21.8 Å². The first-order valence-electron chi connectivity index (χ1n) is 11.4. The Bertz CT molecular complexity index is 1390. The van der Waals surface area contributed by atoms with Gasteiger partial charge in [0.15, 0.2) is 0 Å². The topological polar surface area (TPSA) is 91.4 Å². The molecule has 4 rings (SSSR count). The Balaban J connectivity index is 1.60. The monoisotopic (exact) mass is 500 g/mol. The van der Waals surface area contributed by atoms with E-state index in [2.05, 4.69) is 15.6 Å². The van der Waals surface area contributed by atoms with Crippen LogP contribution in [0.25, 0.3) is 10.8 Å². The lowest BCUT2D eigenvalue weighted by atomic mass is 10.0. The number of hydrogen-bond acceptors (Lipinski definition) is 4. The van der Waals surface area contributed by atoms with Gasteiger partial charge in [0.2, 0.25) is 11.8 Å². The van der Waals surface area contributed by atoms with Crippen LogP contribution in [-0.4, -0.2) is 40.7 Å². The highest BCUT2D eigenvalue weighted by atomic mass is 35.5. The number of halogens is 1. The van der Waals surface area contributed by atoms with Crippen LogP contribution in [0.5, 0.6) is 0 Å². The highest BCUT2D eigenvalue weighted by molar-refractivity contribution is 6.30. The van der Waals surface area contributed by atoms with Crippen LogP contribution >= 0.6 is 11.6 Å². The van der Waals surface area contributed by atoms with Gasteiger partial charge < -0.3 is 15.5 Å². The summed E-state index contributed by atoms with van der Waals surface area (Å²) in [5.74, 6) is -1.23. The maximum Gasteiger partial charge on any atom is 0.252 e. The van der Waals surface area contributed by atoms with E-state index in [1.54, 1.807) is 61.7 Å². The van der Waals surface area contributed by atoms with Crippen molar-refractivity contribution in [2.45, 2.75) is 19.0 Å². The number of likely N-dealkylation sites (N-methyl/N-ethyl adjacent to an activating group) is 1. The van der Waals surface area contributed by atoms with Gasteiger partial charge in [-0.1, -0.05) is 60.1 Å². The van der Waals surface area contributed by atoms with E-state index in [1.807, 2.05) is 30.3 Å². The molecule has 0 radical (unpaired) electrons. The second kappa shape index (κ2) is 11.0. The van der Waals surface area contributed by atoms with Crippen molar-refractivity contribution < 1.29 is 14.4 Å². The molecular weight excluding hydrogens is 476 g/mol. The molecule has 0 bridgehead atoms. The van der Waals surface area contributed by atoms with E-state index >= 15 is 0 Å². The van der Waals surface area contributed by atoms with Crippen molar-refractivity contribution in [3.05, 3.63) is 107 Å². The fraction of sp³-hybridized carbons (Fsp3) is 0.143. The number of pyridine rings is 1. The van der Waals surface area contributed by atoms with Gasteiger partial charge in [-0.05, 0) is 53.6 Å². The van der Waals surface area contributed by atoms with Gasteiger partial charge >= 0.3 is 0 Å². The third kappa shape index (κ3) is 5.53. The van der Waals surface area contributed by atoms with Gasteiger partial charge in [-0.2, -0.15) is 0 Å². The van der Waals surface area contributed by atoms with Gasteiger partial charge in [0.05, 0.1) is 11.9 Å². The average Bonchev–Trinajstić information content (AvgIpc) is 2.91. The number of benzene rings is 3. The van der Waals surface area contributed by atoms with Crippen LogP contribution in [0, 0.1) is 0 Å². The molecule has 3 amide bonds. The molecule has 0 spiro atoms. The van der Waals surface area contributed by atoms with Crippen molar-refractivity contribution in [3.63, 3.8) is 0 Å². The summed E-state index contributed by atoms with van der Waals surface area (Å²) in [6.07, 6.45) is 3.12. The summed E-state index contributed by atoms with van der Waals surface area (Å²) < 4.78 is 0. The van der Waals surface area contributed by atoms with Gasteiger partial charge in [-0.25, -0.2) is 0 Å². The molecule has 4 aromatic rings. The maximum atomic E-state index is 13.6. The van der Waals surface area contributed by atoms with Gasteiger partial charge in [0, 0.05) is 23.8 Å². The minimum Gasteiger partial charge on any atom is -0.336 e. The molecule has 0 saturated carbocycles. The third-order valence-corrected chi connectivity index (χ3v) is 6.25. The number of fused-ring (bicyclic) bond motifs is 1. The molecule has 0 aliphatic rings. The van der Waals surface area contributed by atoms with Crippen LogP contribution in [0.1, 0.15) is 28.9 Å². The number of hydrogen-bond donors (Lipinski definition) is 2. The highest BCUT2D eigenvalue weighted by Gasteiger charge is 2.31. The molecule has 7 nitrogen and oxygen atoms in total. The largest absolute Gasteiger partial charge is 0.336 e. The van der Waals surface area contributed by atoms with Crippen molar-refractivity contribution in [2.24, 2.45) is 0 Å². The Morgan fingerprint density at radius 2 is 1.64 bits per heavy atom. The third-order valence-electron chi connectivity index (χ3n) is 6.00. The summed E-state index contributed by atoms with van der Waals surface area (Å²) >= 11 is 6.05. The number of nitrogens with one attached hydrogen (secondary N) is 2. The molecule has 2 N–H and O–H groups in total. The second-order valence-electron chi connectivity index (χ2n) is 8.34. The van der Waals surface area contributed by atoms with Gasteiger partial charge in [-0.15, -0.1) is 0 Å². The zero-order valence-corrected chi connectivity index (χ0v) is 20.6. The Kier molecular flexibility index (Phi) is 7.61. The van der Waals surface area contributed by atoms with E-state index in [-0.39, 0.29) is 5.91 Å². The average molecular weight is 501 g/mol. The predicted octanol–water partition coefficient (Wildman–Crippen LogP) is 4.84. The summed E-state index contributed by atoms with van der Waals surface area (Å²) in [6, 6.07) is 21.2. The minimum absolute atomic E-state index is 0.380. The van der Waals surface area contributed by atoms with Crippen LogP contribution in [0.2, 0.25) is 5.02 Å². The van der Waals surface area contributed by atoms with Gasteiger partial charge in [-0.3, -0.25) is 19.4 Å². The number of aromatic nitrogens is 1. The second-order valence-corrected chi connectivity index (χ2v) is 8.78. The molecule has 0 aliphatic heterocycles. The zero-order valence-electron chi connectivity index (χ0n) is 19.8. The van der Waals surface area contributed by atoms with E-state index < -0.39 is 23.9 Å². The van der Waals surface area contributed by atoms with Crippen molar-refractivity contribution in [3.8, 4) is 0 Å². The van der Waals surface area contributed by atoms with Crippen molar-refractivity contribution in [1.82, 2.24) is 15.2 Å². The Morgan fingerprint density at radius 1 is 0.917 bits per heavy atom. The van der Waals surface area contributed by atoms with Crippen LogP contribution < -0.4 is 10.6 Å². The fourth-order valence-electron chi connectivity index (χ4n) is 3.83. The molecule has 0 aliphatic carbocycles. The lowest BCUT2D eigenvalue weighted by molar-refractivity contribution is -0.138. The first-order valence-corrected chi connectivity index (χ1v) is 11.7. The van der Waals surface area contributed by atoms with E-state index in [4.69, 9.17) is 11.6 Å². The molecular formula is C28H25ClN4O3. The Morgan fingerprint density at radius 3 is 2.36 bits per heavy atom. The number of anilines is 1.